The van der Waals surface area contributed by atoms with Crippen LogP contribution in [-0.2, 0) is 32.5 Å². The number of methoxy groups -OCH3 is 1. The van der Waals surface area contributed by atoms with E-state index in [1.807, 2.05) is 32.9 Å². The molecule has 0 aliphatic carbocycles. The zero-order valence-corrected chi connectivity index (χ0v) is 21.4. The fraction of sp³-hybridized carbons (Fsp3) is 0.286. The zero-order valence-electron chi connectivity index (χ0n) is 21.4. The Morgan fingerprint density at radius 3 is 1.90 bits per heavy atom. The van der Waals surface area contributed by atoms with Gasteiger partial charge in [0.2, 0.25) is 0 Å². The van der Waals surface area contributed by atoms with Crippen LogP contribution in [0.4, 0.5) is 32.0 Å². The first-order valence-corrected chi connectivity index (χ1v) is 11.6. The van der Waals surface area contributed by atoms with Crippen molar-refractivity contribution in [3.63, 3.8) is 0 Å². The Hall–Kier alpha value is -4.02. The van der Waals surface area contributed by atoms with E-state index in [1.54, 1.807) is 12.1 Å². The fourth-order valence-corrected chi connectivity index (χ4v) is 3.79. The summed E-state index contributed by atoms with van der Waals surface area (Å²) in [5, 5.41) is 0. The first kappa shape index (κ1) is 29.5. The summed E-state index contributed by atoms with van der Waals surface area (Å²) in [6.45, 7) is 5.79. The number of alkyl halides is 6. The number of halogens is 6. The van der Waals surface area contributed by atoms with Gasteiger partial charge in [-0.2, -0.15) is 13.2 Å². The van der Waals surface area contributed by atoms with Crippen molar-refractivity contribution in [2.24, 2.45) is 0 Å². The Bertz CT molecular complexity index is 1320. The van der Waals surface area contributed by atoms with Gasteiger partial charge in [-0.25, -0.2) is 4.79 Å². The van der Waals surface area contributed by atoms with Gasteiger partial charge in [0.15, 0.2) is 0 Å². The molecule has 0 heterocycles. The van der Waals surface area contributed by atoms with Crippen molar-refractivity contribution < 1.29 is 45.4 Å². The Labute approximate surface area is 220 Å². The lowest BCUT2D eigenvalue weighted by Crippen LogP contribution is -2.37. The predicted octanol–water partition coefficient (Wildman–Crippen LogP) is 7.27. The largest absolute Gasteiger partial charge is 0.573 e. The van der Waals surface area contributed by atoms with Crippen LogP contribution in [-0.4, -0.2) is 25.3 Å². The topological polar surface area (TPSA) is 55.8 Å². The molecule has 0 radical (unpaired) electrons. The van der Waals surface area contributed by atoms with Gasteiger partial charge in [0.25, 0.3) is 0 Å². The van der Waals surface area contributed by atoms with Crippen LogP contribution in [0.3, 0.4) is 0 Å². The van der Waals surface area contributed by atoms with Crippen LogP contribution in [0, 0.1) is 0 Å². The Morgan fingerprint density at radius 1 is 0.821 bits per heavy atom. The van der Waals surface area contributed by atoms with Crippen molar-refractivity contribution in [3.05, 3.63) is 83.4 Å². The van der Waals surface area contributed by atoms with E-state index >= 15 is 0 Å². The van der Waals surface area contributed by atoms with E-state index in [-0.39, 0.29) is 28.8 Å². The number of esters is 1. The number of hydrogen-bond acceptors (Lipinski definition) is 4. The Morgan fingerprint density at radius 2 is 1.41 bits per heavy atom. The lowest BCUT2D eigenvalue weighted by molar-refractivity contribution is -0.274. The molecule has 0 saturated carbocycles. The van der Waals surface area contributed by atoms with Gasteiger partial charge in [-0.05, 0) is 51.9 Å². The maximum Gasteiger partial charge on any atom is 0.573 e. The highest BCUT2D eigenvalue weighted by Gasteiger charge is 2.36. The second-order valence-corrected chi connectivity index (χ2v) is 9.63. The van der Waals surface area contributed by atoms with E-state index in [4.69, 9.17) is 0 Å². The summed E-state index contributed by atoms with van der Waals surface area (Å²) in [5.74, 6) is -3.03. The van der Waals surface area contributed by atoms with Crippen LogP contribution in [0.5, 0.6) is 5.75 Å². The molecule has 0 fully saturated rings. The van der Waals surface area contributed by atoms with Gasteiger partial charge in [0.05, 0.1) is 19.2 Å². The highest BCUT2D eigenvalue weighted by atomic mass is 19.4. The minimum absolute atomic E-state index is 0.0352. The normalized spacial score (nSPS) is 12.2. The summed E-state index contributed by atoms with van der Waals surface area (Å²) < 4.78 is 88.0. The smallest absolute Gasteiger partial charge is 0.462 e. The molecule has 0 saturated heterocycles. The molecular formula is C28H25F6NO4. The third-order valence-electron chi connectivity index (χ3n) is 5.78. The molecule has 0 spiro atoms. The fourth-order valence-electron chi connectivity index (χ4n) is 3.79. The molecule has 0 atom stereocenters. The minimum Gasteiger partial charge on any atom is -0.462 e. The van der Waals surface area contributed by atoms with Gasteiger partial charge < -0.3 is 9.47 Å². The van der Waals surface area contributed by atoms with Crippen molar-refractivity contribution >= 4 is 17.6 Å². The maximum atomic E-state index is 14.1. The molecular weight excluding hydrogens is 528 g/mol. The molecule has 3 aromatic carbocycles. The van der Waals surface area contributed by atoms with Gasteiger partial charge in [-0.15, -0.1) is 13.2 Å². The van der Waals surface area contributed by atoms with Crippen LogP contribution in [0.25, 0.3) is 11.1 Å². The van der Waals surface area contributed by atoms with Crippen LogP contribution in [0.2, 0.25) is 0 Å². The zero-order chi connectivity index (χ0) is 29.2. The number of nitrogens with zero attached hydrogens (tertiary/aromatic N) is 1. The molecule has 5 nitrogen and oxygen atoms in total. The average molecular weight is 553 g/mol. The number of anilines is 1. The summed E-state index contributed by atoms with van der Waals surface area (Å²) in [6, 6.07) is 14.0. The third kappa shape index (κ3) is 7.52. The van der Waals surface area contributed by atoms with Crippen molar-refractivity contribution in [2.45, 2.75) is 45.3 Å². The minimum atomic E-state index is -4.96. The lowest BCUT2D eigenvalue weighted by atomic mass is 9.87. The molecule has 3 aromatic rings. The number of hydrogen-bond donors (Lipinski definition) is 0. The quantitative estimate of drug-likeness (QED) is 0.189. The van der Waals surface area contributed by atoms with Crippen LogP contribution >= 0.6 is 0 Å². The predicted molar refractivity (Wildman–Crippen MR) is 132 cm³/mol. The SMILES string of the molecule is COC(=O)C(=O)N(Cc1ccc(C(C)(C)C)cc1)c1ccc(-c2ccc(OC(F)(F)F)cc2)c(C(F)(F)F)c1. The molecule has 208 valence electrons. The van der Waals surface area contributed by atoms with Crippen LogP contribution < -0.4 is 9.64 Å². The summed E-state index contributed by atoms with van der Waals surface area (Å²) in [7, 11) is 0.979. The number of benzene rings is 3. The highest BCUT2D eigenvalue weighted by Crippen LogP contribution is 2.40. The molecule has 0 bridgehead atoms. The van der Waals surface area contributed by atoms with E-state index in [9.17, 15) is 35.9 Å². The molecule has 1 amide bonds. The van der Waals surface area contributed by atoms with Crippen LogP contribution in [0.15, 0.2) is 66.7 Å². The molecule has 3 rings (SSSR count). The van der Waals surface area contributed by atoms with E-state index in [0.29, 0.717) is 11.6 Å². The molecule has 39 heavy (non-hydrogen) atoms. The number of carbonyl (C=O) groups excluding carboxylic acids is 2. The maximum absolute atomic E-state index is 14.1. The van der Waals surface area contributed by atoms with Crippen molar-refractivity contribution in [3.8, 4) is 16.9 Å². The van der Waals surface area contributed by atoms with Crippen molar-refractivity contribution in [1.29, 1.82) is 0 Å². The monoisotopic (exact) mass is 553 g/mol. The van der Waals surface area contributed by atoms with E-state index in [1.165, 1.54) is 6.07 Å². The molecule has 11 heteroatoms. The van der Waals surface area contributed by atoms with Gasteiger partial charge >= 0.3 is 24.4 Å². The molecule has 0 aliphatic rings. The van der Waals surface area contributed by atoms with E-state index in [0.717, 1.165) is 47.9 Å². The lowest BCUT2D eigenvalue weighted by Gasteiger charge is -2.25. The van der Waals surface area contributed by atoms with Gasteiger partial charge in [-0.1, -0.05) is 63.2 Å². The first-order valence-electron chi connectivity index (χ1n) is 11.6. The highest BCUT2D eigenvalue weighted by molar-refractivity contribution is 6.38. The van der Waals surface area contributed by atoms with Gasteiger partial charge in [-0.3, -0.25) is 9.69 Å². The van der Waals surface area contributed by atoms with Gasteiger partial charge in [0.1, 0.15) is 5.75 Å². The van der Waals surface area contributed by atoms with Crippen molar-refractivity contribution in [2.75, 3.05) is 12.0 Å². The molecule has 0 aromatic heterocycles. The second-order valence-electron chi connectivity index (χ2n) is 9.63. The summed E-state index contributed by atoms with van der Waals surface area (Å²) in [4.78, 5) is 25.8. The standard InChI is InChI=1S/C28H25F6NO4/c1-26(2,3)19-9-5-17(6-10-19)16-35(24(36)25(37)38-4)20-11-14-22(23(15-20)27(29,30)31)18-7-12-21(13-8-18)39-28(32,33)34/h5-15H,16H2,1-4H3. The Kier molecular flexibility index (Phi) is 8.33. The second kappa shape index (κ2) is 11.0. The summed E-state index contributed by atoms with van der Waals surface area (Å²) in [6.07, 6.45) is -9.86. The first-order chi connectivity index (χ1) is 18.0. The molecule has 0 unspecified atom stereocenters. The van der Waals surface area contributed by atoms with Crippen molar-refractivity contribution in [1.82, 2.24) is 0 Å². The summed E-state index contributed by atoms with van der Waals surface area (Å²) in [5.41, 5.74) is -0.370. The molecule has 0 N–H and O–H groups in total. The van der Waals surface area contributed by atoms with Gasteiger partial charge in [0, 0.05) is 5.69 Å². The third-order valence-corrected chi connectivity index (χ3v) is 5.78. The van der Waals surface area contributed by atoms with E-state index in [2.05, 4.69) is 9.47 Å². The average Bonchev–Trinajstić information content (AvgIpc) is 2.85. The number of amides is 1. The van der Waals surface area contributed by atoms with Crippen LogP contribution in [0.1, 0.15) is 37.5 Å². The number of carbonyl (C=O) groups is 2. The summed E-state index contributed by atoms with van der Waals surface area (Å²) >= 11 is 0. The molecule has 0 aliphatic heterocycles. The van der Waals surface area contributed by atoms with E-state index < -0.39 is 35.7 Å². The Balaban J connectivity index is 2.05. The number of ether oxygens (including phenoxy) is 2. The number of rotatable bonds is 5.